The zero-order valence-corrected chi connectivity index (χ0v) is 13.4. The Morgan fingerprint density at radius 2 is 1.65 bits per heavy atom. The van der Waals surface area contributed by atoms with Crippen molar-refractivity contribution in [3.8, 4) is 0 Å². The molecule has 0 heterocycles. The van der Waals surface area contributed by atoms with Crippen molar-refractivity contribution in [2.45, 2.75) is 6.54 Å². The summed E-state index contributed by atoms with van der Waals surface area (Å²) in [6, 6.07) is 16.9. The molecule has 0 saturated heterocycles. The van der Waals surface area contributed by atoms with Crippen LogP contribution in [-0.4, -0.2) is 32.5 Å². The van der Waals surface area contributed by atoms with Gasteiger partial charge in [-0.15, -0.1) is 0 Å². The molecule has 5 nitrogen and oxygen atoms in total. The SMILES string of the molecule is CNC(=O)c1ccc(NC(=O)C[NH+](C)Cc2ccccc2)cc1. The summed E-state index contributed by atoms with van der Waals surface area (Å²) in [5, 5.41) is 5.41. The van der Waals surface area contributed by atoms with Crippen molar-refractivity contribution in [1.29, 1.82) is 0 Å². The molecule has 0 aliphatic carbocycles. The van der Waals surface area contributed by atoms with Crippen LogP contribution in [0.4, 0.5) is 5.69 Å². The molecule has 0 aliphatic heterocycles. The highest BCUT2D eigenvalue weighted by Crippen LogP contribution is 2.09. The smallest absolute Gasteiger partial charge is 0.279 e. The van der Waals surface area contributed by atoms with Crippen molar-refractivity contribution in [3.63, 3.8) is 0 Å². The van der Waals surface area contributed by atoms with Crippen molar-refractivity contribution in [3.05, 3.63) is 65.7 Å². The molecule has 2 amide bonds. The first-order chi connectivity index (χ1) is 11.1. The summed E-state index contributed by atoms with van der Waals surface area (Å²) < 4.78 is 0. The molecule has 1 unspecified atom stereocenters. The molecule has 3 N–H and O–H groups in total. The maximum absolute atomic E-state index is 12.1. The van der Waals surface area contributed by atoms with E-state index in [1.54, 1.807) is 31.3 Å². The van der Waals surface area contributed by atoms with E-state index in [-0.39, 0.29) is 11.8 Å². The number of benzene rings is 2. The van der Waals surface area contributed by atoms with Gasteiger partial charge in [0, 0.05) is 23.9 Å². The number of rotatable bonds is 6. The van der Waals surface area contributed by atoms with Gasteiger partial charge in [0.15, 0.2) is 6.54 Å². The molecule has 0 bridgehead atoms. The van der Waals surface area contributed by atoms with E-state index < -0.39 is 0 Å². The highest BCUT2D eigenvalue weighted by Gasteiger charge is 2.11. The molecule has 0 aromatic heterocycles. The summed E-state index contributed by atoms with van der Waals surface area (Å²) in [5.74, 6) is -0.193. The maximum atomic E-state index is 12.1. The predicted octanol–water partition coefficient (Wildman–Crippen LogP) is 0.700. The molecular weight excluding hydrogens is 290 g/mol. The quantitative estimate of drug-likeness (QED) is 0.735. The van der Waals surface area contributed by atoms with Gasteiger partial charge in [-0.05, 0) is 24.3 Å². The second-order valence-electron chi connectivity index (χ2n) is 5.50. The van der Waals surface area contributed by atoms with E-state index >= 15 is 0 Å². The first-order valence-corrected chi connectivity index (χ1v) is 7.55. The lowest BCUT2D eigenvalue weighted by atomic mass is 10.2. The van der Waals surface area contributed by atoms with Gasteiger partial charge in [0.05, 0.1) is 7.05 Å². The summed E-state index contributed by atoms with van der Waals surface area (Å²) in [6.07, 6.45) is 0. The summed E-state index contributed by atoms with van der Waals surface area (Å²) in [5.41, 5.74) is 2.46. The summed E-state index contributed by atoms with van der Waals surface area (Å²) in [6.45, 7) is 1.18. The van der Waals surface area contributed by atoms with E-state index in [1.165, 1.54) is 5.56 Å². The van der Waals surface area contributed by atoms with Gasteiger partial charge in [-0.2, -0.15) is 0 Å². The Kier molecular flexibility index (Phi) is 5.88. The van der Waals surface area contributed by atoms with Gasteiger partial charge in [0.1, 0.15) is 6.54 Å². The van der Waals surface area contributed by atoms with Crippen molar-refractivity contribution in [2.24, 2.45) is 0 Å². The molecule has 0 radical (unpaired) electrons. The number of amides is 2. The van der Waals surface area contributed by atoms with Crippen LogP contribution in [0.5, 0.6) is 0 Å². The number of quaternary nitrogens is 1. The zero-order chi connectivity index (χ0) is 16.7. The van der Waals surface area contributed by atoms with Gasteiger partial charge in [0.2, 0.25) is 0 Å². The van der Waals surface area contributed by atoms with E-state index in [1.807, 2.05) is 25.2 Å². The van der Waals surface area contributed by atoms with Crippen LogP contribution in [0.15, 0.2) is 54.6 Å². The van der Waals surface area contributed by atoms with Gasteiger partial charge < -0.3 is 15.5 Å². The fraction of sp³-hybridized carbons (Fsp3) is 0.222. The van der Waals surface area contributed by atoms with E-state index in [9.17, 15) is 9.59 Å². The van der Waals surface area contributed by atoms with Gasteiger partial charge >= 0.3 is 0 Å². The number of hydrogen-bond acceptors (Lipinski definition) is 2. The van der Waals surface area contributed by atoms with Crippen molar-refractivity contribution >= 4 is 17.5 Å². The van der Waals surface area contributed by atoms with E-state index in [2.05, 4.69) is 22.8 Å². The third-order valence-electron chi connectivity index (χ3n) is 3.47. The molecule has 0 fully saturated rings. The maximum Gasteiger partial charge on any atom is 0.279 e. The Bertz CT molecular complexity index is 654. The predicted molar refractivity (Wildman–Crippen MR) is 90.4 cm³/mol. The van der Waals surface area contributed by atoms with Crippen LogP contribution in [0.1, 0.15) is 15.9 Å². The van der Waals surface area contributed by atoms with Crippen LogP contribution in [0.2, 0.25) is 0 Å². The van der Waals surface area contributed by atoms with E-state index in [4.69, 9.17) is 0 Å². The van der Waals surface area contributed by atoms with Gasteiger partial charge in [0.25, 0.3) is 11.8 Å². The molecule has 0 aliphatic rings. The van der Waals surface area contributed by atoms with Gasteiger partial charge in [-0.1, -0.05) is 30.3 Å². The number of hydrogen-bond donors (Lipinski definition) is 3. The van der Waals surface area contributed by atoms with Gasteiger partial charge in [-0.3, -0.25) is 9.59 Å². The monoisotopic (exact) mass is 312 g/mol. The molecule has 0 saturated carbocycles. The summed E-state index contributed by atoms with van der Waals surface area (Å²) in [7, 11) is 3.57. The molecule has 2 rings (SSSR count). The fourth-order valence-electron chi connectivity index (χ4n) is 2.34. The molecule has 120 valence electrons. The summed E-state index contributed by atoms with van der Waals surface area (Å²) in [4.78, 5) is 24.6. The van der Waals surface area contributed by atoms with E-state index in [0.29, 0.717) is 17.8 Å². The minimum absolute atomic E-state index is 0.0499. The van der Waals surface area contributed by atoms with Crippen LogP contribution in [0.3, 0.4) is 0 Å². The first kappa shape index (κ1) is 16.7. The third-order valence-corrected chi connectivity index (χ3v) is 3.47. The number of likely N-dealkylation sites (N-methyl/N-ethyl adjacent to an activating group) is 1. The Morgan fingerprint density at radius 3 is 2.26 bits per heavy atom. The minimum atomic E-state index is -0.144. The van der Waals surface area contributed by atoms with Crippen molar-refractivity contribution < 1.29 is 14.5 Å². The molecule has 2 aromatic carbocycles. The van der Waals surface area contributed by atoms with Crippen LogP contribution in [0.25, 0.3) is 0 Å². The normalized spacial score (nSPS) is 11.6. The molecule has 23 heavy (non-hydrogen) atoms. The molecule has 0 spiro atoms. The average Bonchev–Trinajstić information content (AvgIpc) is 2.55. The number of carbonyl (C=O) groups excluding carboxylic acids is 2. The Balaban J connectivity index is 1.85. The Hall–Kier alpha value is -2.66. The molecule has 1 atom stereocenters. The van der Waals surface area contributed by atoms with Crippen molar-refractivity contribution in [2.75, 3.05) is 26.0 Å². The highest BCUT2D eigenvalue weighted by atomic mass is 16.2. The largest absolute Gasteiger partial charge is 0.355 e. The van der Waals surface area contributed by atoms with Crippen LogP contribution in [0, 0.1) is 0 Å². The second kappa shape index (κ2) is 8.10. The second-order valence-corrected chi connectivity index (χ2v) is 5.50. The van der Waals surface area contributed by atoms with Crippen LogP contribution in [-0.2, 0) is 11.3 Å². The first-order valence-electron chi connectivity index (χ1n) is 7.55. The lowest BCUT2D eigenvalue weighted by Crippen LogP contribution is -3.08. The third kappa shape index (κ3) is 5.23. The van der Waals surface area contributed by atoms with E-state index in [0.717, 1.165) is 11.4 Å². The minimum Gasteiger partial charge on any atom is -0.355 e. The Morgan fingerprint density at radius 1 is 1.00 bits per heavy atom. The van der Waals surface area contributed by atoms with Crippen LogP contribution >= 0.6 is 0 Å². The number of carbonyl (C=O) groups is 2. The molecular formula is C18H22N3O2+. The van der Waals surface area contributed by atoms with Crippen LogP contribution < -0.4 is 15.5 Å². The molecule has 5 heteroatoms. The highest BCUT2D eigenvalue weighted by molar-refractivity contribution is 5.95. The van der Waals surface area contributed by atoms with Crippen molar-refractivity contribution in [1.82, 2.24) is 5.32 Å². The average molecular weight is 312 g/mol. The molecule has 2 aromatic rings. The number of anilines is 1. The van der Waals surface area contributed by atoms with Gasteiger partial charge in [-0.25, -0.2) is 0 Å². The lowest BCUT2D eigenvalue weighted by Gasteiger charge is -2.14. The topological polar surface area (TPSA) is 62.6 Å². The standard InChI is InChI=1S/C18H21N3O2/c1-19-18(23)15-8-10-16(11-9-15)20-17(22)13-21(2)12-14-6-4-3-5-7-14/h3-11H,12-13H2,1-2H3,(H,19,23)(H,20,22)/p+1. The fourth-order valence-corrected chi connectivity index (χ4v) is 2.34. The lowest BCUT2D eigenvalue weighted by molar-refractivity contribution is -0.885. The number of nitrogens with one attached hydrogen (secondary N) is 3. The zero-order valence-electron chi connectivity index (χ0n) is 13.4. The Labute approximate surface area is 136 Å². The summed E-state index contributed by atoms with van der Waals surface area (Å²) >= 11 is 0.